The van der Waals surface area contributed by atoms with Crippen molar-refractivity contribution in [1.29, 1.82) is 5.26 Å². The molecule has 4 nitrogen and oxygen atoms in total. The maximum Gasteiger partial charge on any atom is 0.203 e. The molecule has 0 fully saturated rings. The first kappa shape index (κ1) is 16.8. The second-order valence-electron chi connectivity index (χ2n) is 5.85. The minimum atomic E-state index is -0.277. The summed E-state index contributed by atoms with van der Waals surface area (Å²) in [5, 5.41) is 9.40. The Bertz CT molecular complexity index is 844. The lowest BCUT2D eigenvalue weighted by Gasteiger charge is -2.18. The summed E-state index contributed by atoms with van der Waals surface area (Å²) in [5.74, 6) is 1.04. The van der Waals surface area contributed by atoms with E-state index in [1.54, 1.807) is 30.3 Å². The van der Waals surface area contributed by atoms with Gasteiger partial charge in [0.2, 0.25) is 5.78 Å². The van der Waals surface area contributed by atoms with E-state index in [-0.39, 0.29) is 11.4 Å². The predicted octanol–water partition coefficient (Wildman–Crippen LogP) is 4.20. The summed E-state index contributed by atoms with van der Waals surface area (Å²) in [6, 6.07) is 14.8. The molecule has 0 atom stereocenters. The van der Waals surface area contributed by atoms with Gasteiger partial charge in [0, 0.05) is 5.56 Å². The first-order valence-corrected chi connectivity index (χ1v) is 8.36. The summed E-state index contributed by atoms with van der Waals surface area (Å²) >= 11 is 0. The number of carbonyl (C=O) groups is 1. The monoisotopic (exact) mass is 333 g/mol. The Hall–Kier alpha value is -3.06. The minimum Gasteiger partial charge on any atom is -0.486 e. The molecule has 0 radical (unpaired) electrons. The summed E-state index contributed by atoms with van der Waals surface area (Å²) in [6.07, 6.45) is 3.62. The molecule has 1 aliphatic rings. The van der Waals surface area contributed by atoms with Crippen LogP contribution in [-0.4, -0.2) is 19.0 Å². The Labute approximate surface area is 147 Å². The smallest absolute Gasteiger partial charge is 0.203 e. The number of carbonyl (C=O) groups excluding carboxylic acids is 1. The van der Waals surface area contributed by atoms with Crippen molar-refractivity contribution in [2.24, 2.45) is 0 Å². The Kier molecular flexibility index (Phi) is 5.15. The van der Waals surface area contributed by atoms with Crippen LogP contribution in [-0.2, 0) is 6.42 Å². The molecule has 0 spiro atoms. The Morgan fingerprint density at radius 2 is 1.84 bits per heavy atom. The lowest BCUT2D eigenvalue weighted by atomic mass is 9.99. The summed E-state index contributed by atoms with van der Waals surface area (Å²) < 4.78 is 11.0. The van der Waals surface area contributed by atoms with Gasteiger partial charge in [0.1, 0.15) is 24.9 Å². The summed E-state index contributed by atoms with van der Waals surface area (Å²) in [7, 11) is 0. The molecule has 0 aliphatic carbocycles. The molecule has 0 saturated carbocycles. The van der Waals surface area contributed by atoms with Crippen LogP contribution < -0.4 is 9.47 Å². The largest absolute Gasteiger partial charge is 0.486 e. The zero-order valence-corrected chi connectivity index (χ0v) is 14.1. The van der Waals surface area contributed by atoms with E-state index in [4.69, 9.17) is 9.47 Å². The number of nitrogens with zero attached hydrogens (tertiary/aromatic N) is 1. The van der Waals surface area contributed by atoms with Crippen LogP contribution in [0.2, 0.25) is 0 Å². The van der Waals surface area contributed by atoms with Crippen molar-refractivity contribution in [3.63, 3.8) is 0 Å². The molecule has 1 heterocycles. The van der Waals surface area contributed by atoms with Crippen LogP contribution >= 0.6 is 0 Å². The normalized spacial score (nSPS) is 13.2. The highest BCUT2D eigenvalue weighted by atomic mass is 16.6. The van der Waals surface area contributed by atoms with Crippen molar-refractivity contribution in [3.05, 3.63) is 64.7 Å². The van der Waals surface area contributed by atoms with Crippen LogP contribution in [0.1, 0.15) is 34.8 Å². The number of nitriles is 1. The molecule has 1 aliphatic heterocycles. The first-order valence-electron chi connectivity index (χ1n) is 8.36. The standard InChI is InChI=1S/C21H19NO3/c1-2-3-15-4-7-17(8-5-15)21(23)18(14-22)12-16-6-9-19-20(13-16)25-11-10-24-19/h4-9,12-13H,2-3,10-11H2,1H3/b18-12-. The summed E-state index contributed by atoms with van der Waals surface area (Å²) in [6.45, 7) is 3.13. The van der Waals surface area contributed by atoms with Crippen molar-refractivity contribution in [2.45, 2.75) is 19.8 Å². The zero-order valence-electron chi connectivity index (χ0n) is 14.1. The van der Waals surface area contributed by atoms with Crippen LogP contribution in [0.4, 0.5) is 0 Å². The maximum atomic E-state index is 12.6. The second-order valence-corrected chi connectivity index (χ2v) is 5.85. The number of benzene rings is 2. The molecule has 0 unspecified atom stereocenters. The van der Waals surface area contributed by atoms with E-state index >= 15 is 0 Å². The lowest BCUT2D eigenvalue weighted by molar-refractivity contribution is 0.104. The predicted molar refractivity (Wildman–Crippen MR) is 95.8 cm³/mol. The van der Waals surface area contributed by atoms with Crippen LogP contribution in [0.15, 0.2) is 48.0 Å². The van der Waals surface area contributed by atoms with Gasteiger partial charge in [-0.3, -0.25) is 4.79 Å². The molecule has 0 bridgehead atoms. The fourth-order valence-electron chi connectivity index (χ4n) is 2.73. The molecular formula is C21H19NO3. The van der Waals surface area contributed by atoms with Crippen LogP contribution in [0.5, 0.6) is 11.5 Å². The number of aryl methyl sites for hydroxylation is 1. The highest BCUT2D eigenvalue weighted by Gasteiger charge is 2.14. The zero-order chi connectivity index (χ0) is 17.6. The van der Waals surface area contributed by atoms with Gasteiger partial charge in [0.05, 0.1) is 0 Å². The highest BCUT2D eigenvalue weighted by Crippen LogP contribution is 2.31. The Balaban J connectivity index is 1.84. The highest BCUT2D eigenvalue weighted by molar-refractivity contribution is 6.14. The van der Waals surface area contributed by atoms with E-state index in [0.717, 1.165) is 18.4 Å². The molecule has 0 aromatic heterocycles. The fraction of sp³-hybridized carbons (Fsp3) is 0.238. The van der Waals surface area contributed by atoms with Gasteiger partial charge in [-0.2, -0.15) is 5.26 Å². The van der Waals surface area contributed by atoms with Gasteiger partial charge in [-0.15, -0.1) is 0 Å². The van der Waals surface area contributed by atoms with E-state index < -0.39 is 0 Å². The SMILES string of the molecule is CCCc1ccc(C(=O)/C(C#N)=C\c2ccc3c(c2)OCCO3)cc1. The van der Waals surface area contributed by atoms with Crippen molar-refractivity contribution < 1.29 is 14.3 Å². The molecule has 25 heavy (non-hydrogen) atoms. The van der Waals surface area contributed by atoms with Gasteiger partial charge < -0.3 is 9.47 Å². The first-order chi connectivity index (χ1) is 12.2. The number of ether oxygens (including phenoxy) is 2. The average Bonchev–Trinajstić information content (AvgIpc) is 2.66. The van der Waals surface area contributed by atoms with E-state index in [9.17, 15) is 10.1 Å². The third-order valence-corrected chi connectivity index (χ3v) is 4.00. The Morgan fingerprint density at radius 1 is 1.12 bits per heavy atom. The van der Waals surface area contributed by atoms with Crippen LogP contribution in [0, 0.1) is 11.3 Å². The number of allylic oxidation sites excluding steroid dienone is 1. The van der Waals surface area contributed by atoms with E-state index in [1.165, 1.54) is 5.56 Å². The van der Waals surface area contributed by atoms with Gasteiger partial charge in [-0.1, -0.05) is 43.7 Å². The third-order valence-electron chi connectivity index (χ3n) is 4.00. The summed E-state index contributed by atoms with van der Waals surface area (Å²) in [4.78, 5) is 12.6. The summed E-state index contributed by atoms with van der Waals surface area (Å²) in [5.41, 5.74) is 2.54. The van der Waals surface area contributed by atoms with E-state index in [0.29, 0.717) is 30.3 Å². The average molecular weight is 333 g/mol. The molecule has 3 rings (SSSR count). The lowest BCUT2D eigenvalue weighted by Crippen LogP contribution is -2.15. The number of Topliss-reactive ketones (excluding diaryl/α,β-unsaturated/α-hetero) is 1. The van der Waals surface area contributed by atoms with Gasteiger partial charge >= 0.3 is 0 Å². The quantitative estimate of drug-likeness (QED) is 0.467. The number of rotatable bonds is 5. The number of hydrogen-bond acceptors (Lipinski definition) is 4. The number of fused-ring (bicyclic) bond motifs is 1. The molecular weight excluding hydrogens is 314 g/mol. The van der Waals surface area contributed by atoms with Gasteiger partial charge in [-0.05, 0) is 35.8 Å². The topological polar surface area (TPSA) is 59.3 Å². The van der Waals surface area contributed by atoms with Gasteiger partial charge in [0.15, 0.2) is 11.5 Å². The van der Waals surface area contributed by atoms with E-state index in [2.05, 4.69) is 6.92 Å². The molecule has 4 heteroatoms. The Morgan fingerprint density at radius 3 is 2.52 bits per heavy atom. The molecule has 2 aromatic carbocycles. The van der Waals surface area contributed by atoms with Crippen LogP contribution in [0.3, 0.4) is 0 Å². The third kappa shape index (κ3) is 3.89. The van der Waals surface area contributed by atoms with Crippen molar-refractivity contribution in [3.8, 4) is 17.6 Å². The van der Waals surface area contributed by atoms with E-state index in [1.807, 2.05) is 24.3 Å². The number of hydrogen-bond donors (Lipinski definition) is 0. The minimum absolute atomic E-state index is 0.0971. The molecule has 2 aromatic rings. The molecule has 0 N–H and O–H groups in total. The fourth-order valence-corrected chi connectivity index (χ4v) is 2.73. The van der Waals surface area contributed by atoms with Crippen LogP contribution in [0.25, 0.3) is 6.08 Å². The molecule has 0 saturated heterocycles. The second kappa shape index (κ2) is 7.67. The molecule has 0 amide bonds. The maximum absolute atomic E-state index is 12.6. The number of ketones is 1. The van der Waals surface area contributed by atoms with Crippen molar-refractivity contribution in [1.82, 2.24) is 0 Å². The van der Waals surface area contributed by atoms with Gasteiger partial charge in [-0.25, -0.2) is 0 Å². The van der Waals surface area contributed by atoms with Gasteiger partial charge in [0.25, 0.3) is 0 Å². The van der Waals surface area contributed by atoms with Crippen molar-refractivity contribution >= 4 is 11.9 Å². The molecule has 126 valence electrons. The van der Waals surface area contributed by atoms with Crippen molar-refractivity contribution in [2.75, 3.05) is 13.2 Å².